The number of amides is 1. The van der Waals surface area contributed by atoms with E-state index in [2.05, 4.69) is 5.32 Å². The molecule has 0 fully saturated rings. The van der Waals surface area contributed by atoms with Gasteiger partial charge in [0.25, 0.3) is 0 Å². The van der Waals surface area contributed by atoms with Crippen LogP contribution in [0, 0.1) is 0 Å². The van der Waals surface area contributed by atoms with Crippen molar-refractivity contribution in [3.63, 3.8) is 0 Å². The van der Waals surface area contributed by atoms with E-state index in [1.54, 1.807) is 0 Å². The van der Waals surface area contributed by atoms with Crippen molar-refractivity contribution in [2.45, 2.75) is 30.2 Å². The van der Waals surface area contributed by atoms with Gasteiger partial charge in [0.1, 0.15) is 0 Å². The van der Waals surface area contributed by atoms with Gasteiger partial charge in [0.15, 0.2) is 0 Å². The molecular formula is C13H17ClN2OS. The second-order valence-electron chi connectivity index (χ2n) is 4.33. The van der Waals surface area contributed by atoms with Gasteiger partial charge in [-0.05, 0) is 43.1 Å². The summed E-state index contributed by atoms with van der Waals surface area (Å²) in [6, 6.07) is 5.97. The van der Waals surface area contributed by atoms with Crippen molar-refractivity contribution in [1.29, 1.82) is 0 Å². The molecule has 1 aromatic rings. The number of thioether (sulfide) groups is 1. The molecule has 0 aliphatic carbocycles. The third-order valence-electron chi connectivity index (χ3n) is 2.95. The molecule has 0 radical (unpaired) electrons. The number of hydrogen-bond acceptors (Lipinski definition) is 3. The van der Waals surface area contributed by atoms with Gasteiger partial charge in [-0.25, -0.2) is 0 Å². The van der Waals surface area contributed by atoms with Gasteiger partial charge in [0.05, 0.1) is 6.04 Å². The maximum Gasteiger partial charge on any atom is 0.220 e. The molecule has 1 unspecified atom stereocenters. The summed E-state index contributed by atoms with van der Waals surface area (Å²) in [5, 5.41) is 3.79. The summed E-state index contributed by atoms with van der Waals surface area (Å²) in [4.78, 5) is 13.0. The molecule has 3 nitrogen and oxygen atoms in total. The molecule has 1 atom stereocenters. The Morgan fingerprint density at radius 2 is 2.39 bits per heavy atom. The Balaban J connectivity index is 2.07. The molecule has 2 rings (SSSR count). The minimum Gasteiger partial charge on any atom is -0.349 e. The molecule has 1 heterocycles. The molecular weight excluding hydrogens is 268 g/mol. The second kappa shape index (κ2) is 6.45. The Kier molecular flexibility index (Phi) is 4.92. The number of halogens is 1. The number of fused-ring (bicyclic) bond motifs is 1. The summed E-state index contributed by atoms with van der Waals surface area (Å²) in [7, 11) is 0. The van der Waals surface area contributed by atoms with Crippen molar-refractivity contribution in [2.24, 2.45) is 5.73 Å². The lowest BCUT2D eigenvalue weighted by molar-refractivity contribution is -0.121. The van der Waals surface area contributed by atoms with E-state index in [1.807, 2.05) is 30.0 Å². The van der Waals surface area contributed by atoms with Crippen molar-refractivity contribution in [3.8, 4) is 0 Å². The van der Waals surface area contributed by atoms with Gasteiger partial charge in [0.2, 0.25) is 5.91 Å². The third-order valence-corrected chi connectivity index (χ3v) is 4.31. The molecule has 0 spiro atoms. The van der Waals surface area contributed by atoms with E-state index in [1.165, 1.54) is 4.90 Å². The van der Waals surface area contributed by atoms with Crippen molar-refractivity contribution in [3.05, 3.63) is 28.8 Å². The van der Waals surface area contributed by atoms with Gasteiger partial charge in [-0.15, -0.1) is 11.8 Å². The maximum absolute atomic E-state index is 11.8. The molecule has 3 N–H and O–H groups in total. The SMILES string of the molecule is NCCCC(=O)NC1CCSc2ccc(Cl)cc21. The van der Waals surface area contributed by atoms with Crippen molar-refractivity contribution in [2.75, 3.05) is 12.3 Å². The fourth-order valence-electron chi connectivity index (χ4n) is 2.04. The first-order valence-electron chi connectivity index (χ1n) is 6.12. The van der Waals surface area contributed by atoms with Crippen LogP contribution in [0.25, 0.3) is 0 Å². The zero-order valence-electron chi connectivity index (χ0n) is 10.1. The fraction of sp³-hybridized carbons (Fsp3) is 0.462. The predicted octanol–water partition coefficient (Wildman–Crippen LogP) is 2.73. The minimum atomic E-state index is 0.0725. The average molecular weight is 285 g/mol. The van der Waals surface area contributed by atoms with E-state index >= 15 is 0 Å². The smallest absolute Gasteiger partial charge is 0.220 e. The molecule has 1 aromatic carbocycles. The van der Waals surface area contributed by atoms with E-state index in [9.17, 15) is 4.79 Å². The second-order valence-corrected chi connectivity index (χ2v) is 5.90. The van der Waals surface area contributed by atoms with Crippen LogP contribution >= 0.6 is 23.4 Å². The number of hydrogen-bond donors (Lipinski definition) is 2. The van der Waals surface area contributed by atoms with Crippen LogP contribution in [-0.2, 0) is 4.79 Å². The minimum absolute atomic E-state index is 0.0725. The first-order valence-corrected chi connectivity index (χ1v) is 7.48. The zero-order chi connectivity index (χ0) is 13.0. The molecule has 1 aliphatic rings. The summed E-state index contributed by atoms with van der Waals surface area (Å²) in [6.45, 7) is 0.552. The lowest BCUT2D eigenvalue weighted by Gasteiger charge is -2.26. The molecule has 0 bridgehead atoms. The number of carbonyl (C=O) groups is 1. The van der Waals surface area contributed by atoms with E-state index < -0.39 is 0 Å². The quantitative estimate of drug-likeness (QED) is 0.894. The van der Waals surface area contributed by atoms with Gasteiger partial charge in [-0.1, -0.05) is 11.6 Å². The van der Waals surface area contributed by atoms with Crippen molar-refractivity contribution >= 4 is 29.3 Å². The summed E-state index contributed by atoms with van der Waals surface area (Å²) < 4.78 is 0. The number of carbonyl (C=O) groups excluding carboxylic acids is 1. The Bertz CT molecular complexity index is 439. The molecule has 0 aromatic heterocycles. The van der Waals surface area contributed by atoms with E-state index in [0.717, 1.165) is 29.2 Å². The van der Waals surface area contributed by atoms with Crippen LogP contribution in [-0.4, -0.2) is 18.2 Å². The number of rotatable bonds is 4. The van der Waals surface area contributed by atoms with E-state index in [-0.39, 0.29) is 11.9 Å². The zero-order valence-corrected chi connectivity index (χ0v) is 11.7. The maximum atomic E-state index is 11.8. The Morgan fingerprint density at radius 3 is 3.17 bits per heavy atom. The predicted molar refractivity (Wildman–Crippen MR) is 76.0 cm³/mol. The molecule has 98 valence electrons. The number of benzene rings is 1. The van der Waals surface area contributed by atoms with Gasteiger partial charge in [0, 0.05) is 22.1 Å². The van der Waals surface area contributed by atoms with Gasteiger partial charge in [-0.2, -0.15) is 0 Å². The summed E-state index contributed by atoms with van der Waals surface area (Å²) >= 11 is 7.84. The van der Waals surface area contributed by atoms with Crippen LogP contribution in [0.2, 0.25) is 5.02 Å². The first kappa shape index (κ1) is 13.7. The highest BCUT2D eigenvalue weighted by atomic mass is 35.5. The number of nitrogens with one attached hydrogen (secondary N) is 1. The van der Waals surface area contributed by atoms with Crippen LogP contribution in [0.15, 0.2) is 23.1 Å². The molecule has 0 saturated carbocycles. The standard InChI is InChI=1S/C13H17ClN2OS/c14-9-3-4-12-10(8-9)11(5-7-18-12)16-13(17)2-1-6-15/h3-4,8,11H,1-2,5-7,15H2,(H,16,17). The van der Waals surface area contributed by atoms with Crippen molar-refractivity contribution < 1.29 is 4.79 Å². The summed E-state index contributed by atoms with van der Waals surface area (Å²) in [5.41, 5.74) is 6.54. The molecule has 1 aliphatic heterocycles. The van der Waals surface area contributed by atoms with Crippen molar-refractivity contribution in [1.82, 2.24) is 5.32 Å². The van der Waals surface area contributed by atoms with Crippen LogP contribution < -0.4 is 11.1 Å². The monoisotopic (exact) mass is 284 g/mol. The van der Waals surface area contributed by atoms with E-state index in [4.69, 9.17) is 17.3 Å². The summed E-state index contributed by atoms with van der Waals surface area (Å²) in [5.74, 6) is 1.10. The highest BCUT2D eigenvalue weighted by Crippen LogP contribution is 2.37. The van der Waals surface area contributed by atoms with Gasteiger partial charge >= 0.3 is 0 Å². The first-order chi connectivity index (χ1) is 8.70. The van der Waals surface area contributed by atoms with Crippen LogP contribution in [0.4, 0.5) is 0 Å². The molecule has 1 amide bonds. The molecule has 0 saturated heterocycles. The fourth-order valence-corrected chi connectivity index (χ4v) is 3.33. The van der Waals surface area contributed by atoms with Gasteiger partial charge < -0.3 is 11.1 Å². The molecule has 5 heteroatoms. The van der Waals surface area contributed by atoms with Crippen LogP contribution in [0.1, 0.15) is 30.9 Å². The lowest BCUT2D eigenvalue weighted by Crippen LogP contribution is -2.30. The van der Waals surface area contributed by atoms with Crippen LogP contribution in [0.3, 0.4) is 0 Å². The highest BCUT2D eigenvalue weighted by molar-refractivity contribution is 7.99. The Labute approximate surface area is 116 Å². The third kappa shape index (κ3) is 3.40. The lowest BCUT2D eigenvalue weighted by atomic mass is 10.0. The Morgan fingerprint density at radius 1 is 1.56 bits per heavy atom. The van der Waals surface area contributed by atoms with Gasteiger partial charge in [-0.3, -0.25) is 4.79 Å². The average Bonchev–Trinajstić information content (AvgIpc) is 2.37. The number of nitrogens with two attached hydrogens (primary N) is 1. The van der Waals surface area contributed by atoms with E-state index in [0.29, 0.717) is 13.0 Å². The largest absolute Gasteiger partial charge is 0.349 e. The topological polar surface area (TPSA) is 55.1 Å². The molecule has 18 heavy (non-hydrogen) atoms. The van der Waals surface area contributed by atoms with Crippen LogP contribution in [0.5, 0.6) is 0 Å². The summed E-state index contributed by atoms with van der Waals surface area (Å²) in [6.07, 6.45) is 2.18. The Hall–Kier alpha value is -0.710. The normalized spacial score (nSPS) is 18.2. The highest BCUT2D eigenvalue weighted by Gasteiger charge is 2.22.